The molecule has 0 saturated heterocycles. The van der Waals surface area contributed by atoms with Crippen LogP contribution in [0.2, 0.25) is 0 Å². The van der Waals surface area contributed by atoms with Crippen molar-refractivity contribution in [1.82, 2.24) is 43.6 Å². The Labute approximate surface area is 682 Å². The number of nitrogens with zero attached hydrogens (tertiary/aromatic N) is 8. The van der Waals surface area contributed by atoms with Gasteiger partial charge in [0.25, 0.3) is 36.0 Å². The molecule has 0 unspecified atom stereocenters. The number of pyridine rings is 3. The minimum absolute atomic E-state index is 0.0461. The Hall–Kier alpha value is -9.24. The van der Waals surface area contributed by atoms with Crippen LogP contribution in [0.5, 0.6) is 34.5 Å². The van der Waals surface area contributed by atoms with E-state index < -0.39 is 71.4 Å². The number of ether oxygens (including phenoxy) is 7. The van der Waals surface area contributed by atoms with Crippen molar-refractivity contribution in [1.29, 1.82) is 0 Å². The summed E-state index contributed by atoms with van der Waals surface area (Å²) >= 11 is 22.7. The lowest BCUT2D eigenvalue weighted by atomic mass is 10.1. The van der Waals surface area contributed by atoms with Gasteiger partial charge in [-0.25, -0.2) is 68.1 Å². The van der Waals surface area contributed by atoms with E-state index in [9.17, 15) is 57.6 Å². The average molecular weight is 1770 g/mol. The molecule has 25 nitrogen and oxygen atoms in total. The molecule has 6 aromatic heterocycles. The molecule has 39 heteroatoms. The quantitative estimate of drug-likeness (QED) is 0.00907. The van der Waals surface area contributed by atoms with Crippen LogP contribution in [0.1, 0.15) is 91.2 Å². The number of aliphatic hydroxyl groups is 2. The number of H-pyrrole nitrogens is 1. The topological polar surface area (TPSA) is 320 Å². The molecule has 3 N–H and O–H groups in total. The van der Waals surface area contributed by atoms with Crippen LogP contribution in [0.25, 0.3) is 33.8 Å². The van der Waals surface area contributed by atoms with Crippen LogP contribution in [0.15, 0.2) is 183 Å². The Bertz CT molecular complexity index is 5230. The molecule has 10 rings (SSSR count). The van der Waals surface area contributed by atoms with Crippen molar-refractivity contribution in [2.24, 2.45) is 0 Å². The zero-order valence-electron chi connectivity index (χ0n) is 62.7. The number of aromatic nitrogens is 9. The SMILES string of the molecule is CCCCBr.CO.COc1ccc(Cn2cc(-c3cc(C(F)F)[nH]c(=S)n3)ccc2=O)cc1OC.COc1ccc(Cn2cc(-c3cc(C(F)F)nc(S(=O)(=O)CCCO)n3)ccc2=O)cc1OC.COc1ccc(Cn2cc(-c3cc(C(F)F)nc(S(=O)(=O)CCCOCc4ccccc4)n3)ccc2=O)cc1OC.ClB(Cl)Cl. The minimum atomic E-state index is -4.10. The number of alkyl halides is 7. The number of aromatic amines is 1. The Kier molecular flexibility index (Phi) is 40.3. The number of benzene rings is 4. The molecule has 0 aliphatic carbocycles. The highest BCUT2D eigenvalue weighted by Gasteiger charge is 2.26. The number of hydrogen-bond acceptors (Lipinski definition) is 22. The van der Waals surface area contributed by atoms with Gasteiger partial charge in [0.05, 0.1) is 103 Å². The van der Waals surface area contributed by atoms with E-state index in [-0.39, 0.29) is 107 Å². The van der Waals surface area contributed by atoms with Gasteiger partial charge in [0.1, 0.15) is 11.4 Å². The molecule has 0 bridgehead atoms. The monoisotopic (exact) mass is 1770 g/mol. The fraction of sp³-hybridized carbons (Fsp3) is 0.320. The van der Waals surface area contributed by atoms with Gasteiger partial charge in [0, 0.05) is 79.1 Å². The second kappa shape index (κ2) is 48.2. The Balaban J connectivity index is 0.000000290. The molecule has 0 radical (unpaired) electrons. The second-order valence-electron chi connectivity index (χ2n) is 23.5. The number of rotatable bonds is 31. The third kappa shape index (κ3) is 29.9. The first kappa shape index (κ1) is 95.4. The van der Waals surface area contributed by atoms with Crippen LogP contribution in [0.3, 0.4) is 0 Å². The molecule has 6 heterocycles. The highest BCUT2D eigenvalue weighted by atomic mass is 79.9. The number of hydrogen-bond donors (Lipinski definition) is 3. The molecule has 0 amide bonds. The summed E-state index contributed by atoms with van der Waals surface area (Å²) in [5.41, 5.74) is 1.58. The Morgan fingerprint density at radius 3 is 1.18 bits per heavy atom. The predicted octanol–water partition coefficient (Wildman–Crippen LogP) is 14.6. The van der Waals surface area contributed by atoms with Gasteiger partial charge in [-0.3, -0.25) is 14.4 Å². The summed E-state index contributed by atoms with van der Waals surface area (Å²) in [5.74, 6) is 2.24. The molecule has 4 aromatic carbocycles. The first-order valence-corrected chi connectivity index (χ1v) is 40.2. The van der Waals surface area contributed by atoms with Gasteiger partial charge in [-0.15, -0.1) is 0 Å². The highest BCUT2D eigenvalue weighted by molar-refractivity contribution is 9.09. The molecule has 0 aliphatic rings. The first-order chi connectivity index (χ1) is 54.4. The minimum Gasteiger partial charge on any atom is -0.493 e. The van der Waals surface area contributed by atoms with Crippen molar-refractivity contribution in [2.75, 3.05) is 79.8 Å². The van der Waals surface area contributed by atoms with Crippen LogP contribution >= 0.6 is 62.5 Å². The standard InChI is InChI=1S/C29H29F2N3O6S.C22H23F2N3O6S.C19H17F2N3O3S.C4H9Br.CH4O.BCl3/c1-38-25-11-9-21(15-26(25)39-2)17-34-18-22(10-12-27(34)35)23-16-24(28(30)31)33-29(32-23)41(36,37)14-6-13-40-19-20-7-4-3-5-8-20;1-32-18-6-4-14(10-19(18)33-2)12-27-13-15(5-7-20(27)29)16-11-17(21(23)24)26-22(25-16)34(30,31)9-3-8-28;1-26-15-5-3-11(7-16(15)27-2)9-24-10-12(4-6-17(24)25)13-8-14(18(20)21)23-19(28)22-13;1-2-3-4-5;1-2;2-1(3)4/h3-5,7-12,15-16,18,28H,6,13-14,17,19H2,1-2H3;4-7,10-11,13,21,28H,3,8-9,12H2,1-2H3;3-8,10,18H,9H2,1-2H3,(H,22,23,28);2-4H2,1H3;2H,1H3;. The third-order valence-corrected chi connectivity index (χ3v) is 19.5. The molecule has 0 atom stereocenters. The molecule has 0 saturated carbocycles. The smallest absolute Gasteiger partial charge is 0.450 e. The Morgan fingerprint density at radius 1 is 0.491 bits per heavy atom. The van der Waals surface area contributed by atoms with Crippen LogP contribution in [0, 0.1) is 4.77 Å². The number of methoxy groups -OCH3 is 6. The largest absolute Gasteiger partial charge is 0.493 e. The van der Waals surface area contributed by atoms with Gasteiger partial charge in [0.2, 0.25) is 30.0 Å². The van der Waals surface area contributed by atoms with Crippen molar-refractivity contribution in [2.45, 2.75) is 88.4 Å². The molecule has 614 valence electrons. The maximum atomic E-state index is 13.7. The maximum Gasteiger partial charge on any atom is 0.450 e. The van der Waals surface area contributed by atoms with Crippen molar-refractivity contribution in [3.63, 3.8) is 0 Å². The number of aliphatic hydroxyl groups excluding tert-OH is 2. The van der Waals surface area contributed by atoms with E-state index in [4.69, 9.17) is 90.0 Å². The van der Waals surface area contributed by atoms with Crippen LogP contribution in [0.4, 0.5) is 26.3 Å². The van der Waals surface area contributed by atoms with Gasteiger partial charge < -0.3 is 62.1 Å². The van der Waals surface area contributed by atoms with E-state index in [0.717, 1.165) is 41.3 Å². The highest BCUT2D eigenvalue weighted by Crippen LogP contribution is 2.33. The van der Waals surface area contributed by atoms with Crippen LogP contribution < -0.4 is 45.1 Å². The first-order valence-electron chi connectivity index (χ1n) is 34.0. The Morgan fingerprint density at radius 2 is 0.860 bits per heavy atom. The summed E-state index contributed by atoms with van der Waals surface area (Å²) in [6, 6.07) is 36.4. The summed E-state index contributed by atoms with van der Waals surface area (Å²) in [6.45, 7) is 2.78. The zero-order valence-corrected chi connectivity index (χ0v) is 69.0. The number of nitrogens with one attached hydrogen (secondary N) is 1. The fourth-order valence-electron chi connectivity index (χ4n) is 10.1. The average Bonchev–Trinajstić information content (AvgIpc) is 0.798. The number of halogens is 10. The van der Waals surface area contributed by atoms with Gasteiger partial charge in [0.15, 0.2) is 39.3 Å². The summed E-state index contributed by atoms with van der Waals surface area (Å²) in [7, 11) is 1.85. The zero-order chi connectivity index (χ0) is 84.2. The van der Waals surface area contributed by atoms with Crippen LogP contribution in [-0.4, -0.2) is 155 Å². The van der Waals surface area contributed by atoms with E-state index in [1.165, 1.54) is 124 Å². The van der Waals surface area contributed by atoms with E-state index in [1.54, 1.807) is 54.7 Å². The molecular weight excluding hydrogens is 1690 g/mol. The van der Waals surface area contributed by atoms with Gasteiger partial charge in [-0.05, 0) is 127 Å². The van der Waals surface area contributed by atoms with Gasteiger partial charge in [-0.2, -0.15) is 34.4 Å². The van der Waals surface area contributed by atoms with E-state index >= 15 is 0 Å². The summed E-state index contributed by atoms with van der Waals surface area (Å²) in [4.78, 5) is 58.2. The number of unbranched alkanes of at least 4 members (excludes halogenated alkanes) is 1. The molecule has 0 spiro atoms. The normalized spacial score (nSPS) is 10.9. The van der Waals surface area contributed by atoms with Crippen molar-refractivity contribution < 1.29 is 86.5 Å². The lowest BCUT2D eigenvalue weighted by Gasteiger charge is -2.13. The lowest BCUT2D eigenvalue weighted by molar-refractivity contribution is 0.122. The van der Waals surface area contributed by atoms with E-state index in [1.807, 2.05) is 36.4 Å². The van der Waals surface area contributed by atoms with Crippen molar-refractivity contribution in [3.05, 3.63) is 233 Å². The van der Waals surface area contributed by atoms with Gasteiger partial charge >= 0.3 is 4.96 Å². The van der Waals surface area contributed by atoms with Crippen LogP contribution in [-0.2, 0) is 50.7 Å². The fourth-order valence-corrected chi connectivity index (χ4v) is 13.2. The summed E-state index contributed by atoms with van der Waals surface area (Å²) in [5, 5.41) is 15.6. The van der Waals surface area contributed by atoms with Gasteiger partial charge in [-0.1, -0.05) is 77.8 Å². The molecular formula is C75H82BBrCl3F6N9O16S3. The molecule has 10 aromatic rings. The third-order valence-electron chi connectivity index (χ3n) is 15.6. The molecule has 0 aliphatic heterocycles. The lowest BCUT2D eigenvalue weighted by Crippen LogP contribution is -2.19. The van der Waals surface area contributed by atoms with Crippen molar-refractivity contribution in [3.8, 4) is 68.3 Å². The predicted molar refractivity (Wildman–Crippen MR) is 430 cm³/mol. The summed E-state index contributed by atoms with van der Waals surface area (Å²) in [6.07, 6.45) is -1.73. The summed E-state index contributed by atoms with van der Waals surface area (Å²) < 4.78 is 172. The number of sulfone groups is 2. The van der Waals surface area contributed by atoms with E-state index in [2.05, 4.69) is 52.8 Å². The van der Waals surface area contributed by atoms with E-state index in [0.29, 0.717) is 52.2 Å². The molecule has 114 heavy (non-hydrogen) atoms. The second-order valence-corrected chi connectivity index (χ2v) is 30.6. The van der Waals surface area contributed by atoms with Crippen molar-refractivity contribution >= 4 is 87.2 Å². The molecule has 0 fully saturated rings. The maximum absolute atomic E-state index is 13.7.